The topological polar surface area (TPSA) is 46.3 Å². The zero-order valence-corrected chi connectivity index (χ0v) is 11.9. The fourth-order valence-electron chi connectivity index (χ4n) is 2.65. The van der Waals surface area contributed by atoms with Gasteiger partial charge in [-0.1, -0.05) is 37.3 Å². The summed E-state index contributed by atoms with van der Waals surface area (Å²) >= 11 is 0. The summed E-state index contributed by atoms with van der Waals surface area (Å²) in [4.78, 5) is 14.2. The van der Waals surface area contributed by atoms with Crippen molar-refractivity contribution in [2.75, 3.05) is 13.1 Å². The van der Waals surface area contributed by atoms with Crippen LogP contribution in [0.1, 0.15) is 44.6 Å². The number of nitrogens with two attached hydrogens (primary N) is 1. The minimum absolute atomic E-state index is 0.0986. The van der Waals surface area contributed by atoms with E-state index in [1.165, 1.54) is 5.56 Å². The molecule has 19 heavy (non-hydrogen) atoms. The Morgan fingerprint density at radius 1 is 1.32 bits per heavy atom. The number of nitrogens with zero attached hydrogens (tertiary/aromatic N) is 1. The quantitative estimate of drug-likeness (QED) is 0.907. The summed E-state index contributed by atoms with van der Waals surface area (Å²) in [5.41, 5.74) is 6.73. The van der Waals surface area contributed by atoms with Gasteiger partial charge in [-0.05, 0) is 37.7 Å². The van der Waals surface area contributed by atoms with E-state index in [0.717, 1.165) is 25.9 Å². The first kappa shape index (κ1) is 14.1. The molecule has 2 rings (SSSR count). The molecule has 1 aromatic rings. The van der Waals surface area contributed by atoms with Gasteiger partial charge in [0.25, 0.3) is 0 Å². The highest BCUT2D eigenvalue weighted by Crippen LogP contribution is 2.28. The second-order valence-corrected chi connectivity index (χ2v) is 5.75. The van der Waals surface area contributed by atoms with Gasteiger partial charge in [0.15, 0.2) is 0 Å². The average Bonchev–Trinajstić information content (AvgIpc) is 2.47. The lowest BCUT2D eigenvalue weighted by Crippen LogP contribution is -2.54. The number of rotatable bonds is 3. The van der Waals surface area contributed by atoms with Crippen LogP contribution in [-0.4, -0.2) is 29.4 Å². The van der Waals surface area contributed by atoms with Gasteiger partial charge in [0.05, 0.1) is 5.54 Å². The molecule has 1 aromatic carbocycles. The third-order valence-corrected chi connectivity index (χ3v) is 4.28. The lowest BCUT2D eigenvalue weighted by Gasteiger charge is -2.36. The van der Waals surface area contributed by atoms with Crippen LogP contribution in [0.15, 0.2) is 30.3 Å². The van der Waals surface area contributed by atoms with E-state index in [1.807, 2.05) is 24.8 Å². The van der Waals surface area contributed by atoms with Crippen molar-refractivity contribution in [3.8, 4) is 0 Å². The molecule has 104 valence electrons. The van der Waals surface area contributed by atoms with E-state index in [9.17, 15) is 4.79 Å². The van der Waals surface area contributed by atoms with E-state index in [0.29, 0.717) is 12.3 Å². The maximum absolute atomic E-state index is 12.3. The number of hydrogen-bond acceptors (Lipinski definition) is 2. The number of likely N-dealkylation sites (tertiary alicyclic amines) is 1. The van der Waals surface area contributed by atoms with Gasteiger partial charge in [-0.25, -0.2) is 0 Å². The second-order valence-electron chi connectivity index (χ2n) is 5.75. The predicted molar refractivity (Wildman–Crippen MR) is 77.9 cm³/mol. The molecule has 1 fully saturated rings. The molecule has 0 aliphatic carbocycles. The lowest BCUT2D eigenvalue weighted by atomic mass is 9.88. The largest absolute Gasteiger partial charge is 0.341 e. The molecule has 3 nitrogen and oxygen atoms in total. The Kier molecular flexibility index (Phi) is 4.25. The Hall–Kier alpha value is -1.35. The van der Waals surface area contributed by atoms with Gasteiger partial charge in [-0.15, -0.1) is 0 Å². The van der Waals surface area contributed by atoms with Crippen LogP contribution in [0.2, 0.25) is 0 Å². The number of carbonyl (C=O) groups is 1. The number of amides is 1. The summed E-state index contributed by atoms with van der Waals surface area (Å²) in [5.74, 6) is 0.678. The van der Waals surface area contributed by atoms with E-state index in [1.54, 1.807) is 0 Å². The average molecular weight is 260 g/mol. The Labute approximate surface area is 115 Å². The molecule has 3 heteroatoms. The summed E-state index contributed by atoms with van der Waals surface area (Å²) in [6.07, 6.45) is 2.76. The van der Waals surface area contributed by atoms with Crippen molar-refractivity contribution in [3.05, 3.63) is 35.9 Å². The third-order valence-electron chi connectivity index (χ3n) is 4.28. The molecule has 0 spiro atoms. The maximum Gasteiger partial charge on any atom is 0.242 e. The highest BCUT2D eigenvalue weighted by molar-refractivity contribution is 5.85. The van der Waals surface area contributed by atoms with Crippen molar-refractivity contribution in [3.63, 3.8) is 0 Å². The first-order valence-electron chi connectivity index (χ1n) is 7.18. The molecule has 1 aliphatic rings. The highest BCUT2D eigenvalue weighted by Gasteiger charge is 2.33. The van der Waals surface area contributed by atoms with Crippen LogP contribution in [0.5, 0.6) is 0 Å². The minimum Gasteiger partial charge on any atom is -0.341 e. The third kappa shape index (κ3) is 3.16. The standard InChI is InChI=1S/C16H24N2O/c1-3-16(2,17)15(19)18-11-9-14(10-12-18)13-7-5-4-6-8-13/h4-8,14H,3,9-12,17H2,1-2H3. The van der Waals surface area contributed by atoms with E-state index in [-0.39, 0.29) is 5.91 Å². The SMILES string of the molecule is CCC(C)(N)C(=O)N1CCC(c2ccccc2)CC1. The van der Waals surface area contributed by atoms with Gasteiger partial charge < -0.3 is 10.6 Å². The maximum atomic E-state index is 12.3. The smallest absolute Gasteiger partial charge is 0.242 e. The fourth-order valence-corrected chi connectivity index (χ4v) is 2.65. The van der Waals surface area contributed by atoms with Crippen LogP contribution < -0.4 is 5.73 Å². The lowest BCUT2D eigenvalue weighted by molar-refractivity contribution is -0.137. The fraction of sp³-hybridized carbons (Fsp3) is 0.562. The number of carbonyl (C=O) groups excluding carboxylic acids is 1. The van der Waals surface area contributed by atoms with Crippen LogP contribution in [0.3, 0.4) is 0 Å². The van der Waals surface area contributed by atoms with Gasteiger partial charge in [0.1, 0.15) is 0 Å². The molecule has 1 atom stereocenters. The molecule has 0 saturated carbocycles. The summed E-state index contributed by atoms with van der Waals surface area (Å²) in [6, 6.07) is 10.6. The molecule has 2 N–H and O–H groups in total. The van der Waals surface area contributed by atoms with Crippen LogP contribution in [0, 0.1) is 0 Å². The molecule has 0 aromatic heterocycles. The Morgan fingerprint density at radius 2 is 1.89 bits per heavy atom. The van der Waals surface area contributed by atoms with E-state index >= 15 is 0 Å². The van der Waals surface area contributed by atoms with Gasteiger partial charge in [0.2, 0.25) is 5.91 Å². The summed E-state index contributed by atoms with van der Waals surface area (Å²) in [5, 5.41) is 0. The Bertz CT molecular complexity index is 420. The zero-order chi connectivity index (χ0) is 13.9. The van der Waals surface area contributed by atoms with Crippen LogP contribution in [0.4, 0.5) is 0 Å². The van der Waals surface area contributed by atoms with Crippen molar-refractivity contribution < 1.29 is 4.79 Å². The molecule has 1 amide bonds. The predicted octanol–water partition coefficient (Wildman–Crippen LogP) is 2.52. The van der Waals surface area contributed by atoms with Gasteiger partial charge >= 0.3 is 0 Å². The molecular formula is C16H24N2O. The molecular weight excluding hydrogens is 236 g/mol. The first-order chi connectivity index (χ1) is 9.04. The van der Waals surface area contributed by atoms with Crippen molar-refractivity contribution in [2.24, 2.45) is 5.73 Å². The van der Waals surface area contributed by atoms with Crippen LogP contribution in [0.25, 0.3) is 0 Å². The minimum atomic E-state index is -0.709. The highest BCUT2D eigenvalue weighted by atomic mass is 16.2. The van der Waals surface area contributed by atoms with Crippen molar-refractivity contribution in [2.45, 2.75) is 44.6 Å². The zero-order valence-electron chi connectivity index (χ0n) is 11.9. The molecule has 1 unspecified atom stereocenters. The number of piperidine rings is 1. The molecule has 0 bridgehead atoms. The molecule has 0 radical (unpaired) electrons. The van der Waals surface area contributed by atoms with E-state index < -0.39 is 5.54 Å². The normalized spacial score (nSPS) is 20.1. The number of benzene rings is 1. The Morgan fingerprint density at radius 3 is 2.42 bits per heavy atom. The Balaban J connectivity index is 1.95. The van der Waals surface area contributed by atoms with Crippen LogP contribution >= 0.6 is 0 Å². The number of hydrogen-bond donors (Lipinski definition) is 1. The summed E-state index contributed by atoms with van der Waals surface area (Å²) in [6.45, 7) is 5.45. The summed E-state index contributed by atoms with van der Waals surface area (Å²) in [7, 11) is 0. The van der Waals surface area contributed by atoms with Gasteiger partial charge in [-0.2, -0.15) is 0 Å². The molecule has 1 heterocycles. The molecule has 1 saturated heterocycles. The van der Waals surface area contributed by atoms with Gasteiger partial charge in [0, 0.05) is 13.1 Å². The van der Waals surface area contributed by atoms with E-state index in [4.69, 9.17) is 5.73 Å². The van der Waals surface area contributed by atoms with Gasteiger partial charge in [-0.3, -0.25) is 4.79 Å². The first-order valence-corrected chi connectivity index (χ1v) is 7.18. The van der Waals surface area contributed by atoms with Crippen molar-refractivity contribution in [1.29, 1.82) is 0 Å². The van der Waals surface area contributed by atoms with Crippen LogP contribution in [-0.2, 0) is 4.79 Å². The second kappa shape index (κ2) is 5.74. The monoisotopic (exact) mass is 260 g/mol. The molecule has 1 aliphatic heterocycles. The summed E-state index contributed by atoms with van der Waals surface area (Å²) < 4.78 is 0. The van der Waals surface area contributed by atoms with Crippen molar-refractivity contribution in [1.82, 2.24) is 4.90 Å². The van der Waals surface area contributed by atoms with Crippen molar-refractivity contribution >= 4 is 5.91 Å². The van der Waals surface area contributed by atoms with E-state index in [2.05, 4.69) is 24.3 Å².